The molecule has 1 aromatic heterocycles. The van der Waals surface area contributed by atoms with Crippen LogP contribution < -0.4 is 15.8 Å². The first kappa shape index (κ1) is 18.4. The summed E-state index contributed by atoms with van der Waals surface area (Å²) in [4.78, 5) is 14.8. The van der Waals surface area contributed by atoms with Crippen molar-refractivity contribution in [1.29, 1.82) is 0 Å². The molecule has 1 N–H and O–H groups in total. The fraction of sp³-hybridized carbons (Fsp3) is 0.200. The number of hydrogen-bond acceptors (Lipinski definition) is 4. The highest BCUT2D eigenvalue weighted by Gasteiger charge is 2.24. The van der Waals surface area contributed by atoms with Crippen LogP contribution in [-0.4, -0.2) is 28.9 Å². The van der Waals surface area contributed by atoms with E-state index in [1.54, 1.807) is 0 Å². The van der Waals surface area contributed by atoms with Crippen LogP contribution in [0.2, 0.25) is 5.02 Å². The quantitative estimate of drug-likeness (QED) is 0.720. The summed E-state index contributed by atoms with van der Waals surface area (Å²) in [5.74, 6) is -1.62. The Labute approximate surface area is 165 Å². The SMILES string of the molecule is O=c1c(Cl)c(NC2CCN(c3ccccc3)C2)cnn1-c1ccc(F)cc1F. The Morgan fingerprint density at radius 3 is 2.68 bits per heavy atom. The monoisotopic (exact) mass is 402 g/mol. The van der Waals surface area contributed by atoms with Gasteiger partial charge in [-0.2, -0.15) is 9.78 Å². The van der Waals surface area contributed by atoms with Crippen LogP contribution in [0.15, 0.2) is 59.5 Å². The van der Waals surface area contributed by atoms with Crippen LogP contribution in [0.4, 0.5) is 20.2 Å². The molecule has 2 heterocycles. The number of nitrogens with zero attached hydrogens (tertiary/aromatic N) is 3. The van der Waals surface area contributed by atoms with Crippen molar-refractivity contribution in [2.75, 3.05) is 23.3 Å². The maximum Gasteiger partial charge on any atom is 0.292 e. The minimum atomic E-state index is -0.888. The van der Waals surface area contributed by atoms with E-state index >= 15 is 0 Å². The number of anilines is 2. The molecule has 1 saturated heterocycles. The molecule has 0 radical (unpaired) electrons. The molecule has 1 fully saturated rings. The minimum absolute atomic E-state index is 0.0862. The Bertz CT molecular complexity index is 1060. The summed E-state index contributed by atoms with van der Waals surface area (Å²) < 4.78 is 27.9. The van der Waals surface area contributed by atoms with E-state index in [0.29, 0.717) is 11.8 Å². The summed E-state index contributed by atoms with van der Waals surface area (Å²) in [6.45, 7) is 1.64. The van der Waals surface area contributed by atoms with Crippen LogP contribution in [0.3, 0.4) is 0 Å². The van der Waals surface area contributed by atoms with Gasteiger partial charge in [-0.25, -0.2) is 8.78 Å². The highest BCUT2D eigenvalue weighted by Crippen LogP contribution is 2.24. The van der Waals surface area contributed by atoms with Crippen molar-refractivity contribution in [3.05, 3.63) is 81.7 Å². The van der Waals surface area contributed by atoms with Gasteiger partial charge in [-0.05, 0) is 30.7 Å². The average molecular weight is 403 g/mol. The maximum absolute atomic E-state index is 14.0. The summed E-state index contributed by atoms with van der Waals surface area (Å²) in [7, 11) is 0. The van der Waals surface area contributed by atoms with Gasteiger partial charge in [0, 0.05) is 30.9 Å². The lowest BCUT2D eigenvalue weighted by molar-refractivity contribution is 0.570. The van der Waals surface area contributed by atoms with Gasteiger partial charge < -0.3 is 10.2 Å². The zero-order chi connectivity index (χ0) is 19.7. The van der Waals surface area contributed by atoms with Gasteiger partial charge in [0.15, 0.2) is 5.82 Å². The number of halogens is 3. The minimum Gasteiger partial charge on any atom is -0.378 e. The molecule has 0 spiro atoms. The number of aromatic nitrogens is 2. The summed E-state index contributed by atoms with van der Waals surface area (Å²) in [6, 6.07) is 13.1. The molecule has 0 amide bonds. The zero-order valence-electron chi connectivity index (χ0n) is 14.8. The van der Waals surface area contributed by atoms with E-state index in [4.69, 9.17) is 11.6 Å². The molecule has 1 aliphatic rings. The Balaban J connectivity index is 1.54. The van der Waals surface area contributed by atoms with Gasteiger partial charge in [0.2, 0.25) is 0 Å². The Hall–Kier alpha value is -2.93. The highest BCUT2D eigenvalue weighted by atomic mass is 35.5. The lowest BCUT2D eigenvalue weighted by atomic mass is 10.2. The predicted molar refractivity (Wildman–Crippen MR) is 105 cm³/mol. The molecule has 4 rings (SSSR count). The topological polar surface area (TPSA) is 50.2 Å². The molecule has 3 aromatic rings. The van der Waals surface area contributed by atoms with Crippen molar-refractivity contribution in [3.63, 3.8) is 0 Å². The third-order valence-corrected chi connectivity index (χ3v) is 5.09. The first-order valence-electron chi connectivity index (χ1n) is 8.83. The number of hydrogen-bond donors (Lipinski definition) is 1. The average Bonchev–Trinajstić information content (AvgIpc) is 3.16. The molecule has 0 aliphatic carbocycles. The summed E-state index contributed by atoms with van der Waals surface area (Å²) >= 11 is 6.22. The van der Waals surface area contributed by atoms with Crippen LogP contribution in [0.5, 0.6) is 0 Å². The van der Waals surface area contributed by atoms with Crippen LogP contribution in [0.1, 0.15) is 6.42 Å². The lowest BCUT2D eigenvalue weighted by Gasteiger charge is -2.19. The second-order valence-corrected chi connectivity index (χ2v) is 6.97. The van der Waals surface area contributed by atoms with Crippen molar-refractivity contribution < 1.29 is 8.78 Å². The van der Waals surface area contributed by atoms with E-state index < -0.39 is 17.2 Å². The van der Waals surface area contributed by atoms with E-state index in [9.17, 15) is 13.6 Å². The first-order chi connectivity index (χ1) is 13.5. The van der Waals surface area contributed by atoms with Gasteiger partial charge in [0.05, 0.1) is 11.9 Å². The molecule has 1 unspecified atom stereocenters. The molecular formula is C20H17ClF2N4O. The van der Waals surface area contributed by atoms with Gasteiger partial charge >= 0.3 is 0 Å². The van der Waals surface area contributed by atoms with Crippen molar-refractivity contribution in [2.45, 2.75) is 12.5 Å². The van der Waals surface area contributed by atoms with E-state index in [1.165, 1.54) is 6.20 Å². The van der Waals surface area contributed by atoms with Gasteiger partial charge in [0.1, 0.15) is 16.5 Å². The molecule has 2 aromatic carbocycles. The number of nitrogens with one attached hydrogen (secondary N) is 1. The predicted octanol–water partition coefficient (Wildman–Crippen LogP) is 3.85. The summed E-state index contributed by atoms with van der Waals surface area (Å²) in [5, 5.41) is 7.16. The van der Waals surface area contributed by atoms with Gasteiger partial charge in [-0.1, -0.05) is 29.8 Å². The molecule has 8 heteroatoms. The lowest BCUT2D eigenvalue weighted by Crippen LogP contribution is -2.28. The molecule has 0 saturated carbocycles. The van der Waals surface area contributed by atoms with E-state index in [-0.39, 0.29) is 16.8 Å². The molecular weight excluding hydrogens is 386 g/mol. The van der Waals surface area contributed by atoms with Crippen LogP contribution in [0.25, 0.3) is 5.69 Å². The molecule has 0 bridgehead atoms. The maximum atomic E-state index is 14.0. The molecule has 5 nitrogen and oxygen atoms in total. The highest BCUT2D eigenvalue weighted by molar-refractivity contribution is 6.33. The largest absolute Gasteiger partial charge is 0.378 e. The smallest absolute Gasteiger partial charge is 0.292 e. The summed E-state index contributed by atoms with van der Waals surface area (Å²) in [5.41, 5.74) is 0.703. The molecule has 28 heavy (non-hydrogen) atoms. The van der Waals surface area contributed by atoms with Crippen molar-refractivity contribution in [2.24, 2.45) is 0 Å². The zero-order valence-corrected chi connectivity index (χ0v) is 15.5. The van der Waals surface area contributed by atoms with Crippen LogP contribution in [-0.2, 0) is 0 Å². The van der Waals surface area contributed by atoms with Crippen molar-refractivity contribution in [3.8, 4) is 5.69 Å². The van der Waals surface area contributed by atoms with Gasteiger partial charge in [-0.3, -0.25) is 4.79 Å². The van der Waals surface area contributed by atoms with Crippen molar-refractivity contribution >= 4 is 23.0 Å². The fourth-order valence-corrected chi connectivity index (χ4v) is 3.51. The Kier molecular flexibility index (Phi) is 5.00. The standard InChI is InChI=1S/C20H17ClF2N4O/c21-19-17(25-14-8-9-26(12-14)15-4-2-1-3-5-15)11-24-27(20(19)28)18-7-6-13(22)10-16(18)23/h1-7,10-11,14,25H,8-9,12H2. The van der Waals surface area contributed by atoms with Crippen molar-refractivity contribution in [1.82, 2.24) is 9.78 Å². The number of benzene rings is 2. The Morgan fingerprint density at radius 2 is 1.93 bits per heavy atom. The molecule has 1 atom stereocenters. The number of para-hydroxylation sites is 1. The molecule has 1 aliphatic heterocycles. The van der Waals surface area contributed by atoms with Gasteiger partial charge in [-0.15, -0.1) is 0 Å². The van der Waals surface area contributed by atoms with Crippen LogP contribution in [0, 0.1) is 11.6 Å². The Morgan fingerprint density at radius 1 is 1.14 bits per heavy atom. The van der Waals surface area contributed by atoms with E-state index in [2.05, 4.69) is 27.4 Å². The van der Waals surface area contributed by atoms with E-state index in [1.807, 2.05) is 18.2 Å². The second kappa shape index (κ2) is 7.59. The summed E-state index contributed by atoms with van der Waals surface area (Å²) in [6.07, 6.45) is 2.26. The number of rotatable bonds is 4. The fourth-order valence-electron chi connectivity index (χ4n) is 3.33. The third kappa shape index (κ3) is 3.57. The van der Waals surface area contributed by atoms with E-state index in [0.717, 1.165) is 42.0 Å². The van der Waals surface area contributed by atoms with Gasteiger partial charge in [0.25, 0.3) is 5.56 Å². The first-order valence-corrected chi connectivity index (χ1v) is 9.20. The van der Waals surface area contributed by atoms with Crippen LogP contribution >= 0.6 is 11.6 Å². The second-order valence-electron chi connectivity index (χ2n) is 6.60. The molecule has 144 valence electrons. The third-order valence-electron chi connectivity index (χ3n) is 4.73. The normalized spacial score (nSPS) is 16.4.